The molecule has 0 radical (unpaired) electrons. The molecule has 3 N–H and O–H groups in total. The minimum absolute atomic E-state index is 0.253. The minimum Gasteiger partial charge on any atom is -0.314 e. The van der Waals surface area contributed by atoms with E-state index in [1.165, 1.54) is 6.42 Å². The van der Waals surface area contributed by atoms with Crippen LogP contribution in [0.5, 0.6) is 0 Å². The second-order valence-corrected chi connectivity index (χ2v) is 2.10. The molecule has 1 heterocycles. The Kier molecular flexibility index (Phi) is 2.27. The average molecular weight is 116 g/mol. The quantitative estimate of drug-likeness (QED) is 0.459. The fourth-order valence-electron chi connectivity index (χ4n) is 0.936. The van der Waals surface area contributed by atoms with Gasteiger partial charge in [-0.05, 0) is 19.4 Å². The van der Waals surface area contributed by atoms with Crippen LogP contribution < -0.4 is 11.2 Å². The number of nitrogens with two attached hydrogens (primary N) is 1. The van der Waals surface area contributed by atoms with Crippen LogP contribution in [-0.4, -0.2) is 19.2 Å². The van der Waals surface area contributed by atoms with Gasteiger partial charge in [0.2, 0.25) is 0 Å². The van der Waals surface area contributed by atoms with Crippen molar-refractivity contribution in [1.29, 1.82) is 0 Å². The van der Waals surface area contributed by atoms with E-state index in [1.807, 2.05) is 0 Å². The Morgan fingerprint density at radius 1 is 1.62 bits per heavy atom. The number of hydrogen-bond donors (Lipinski definition) is 2. The van der Waals surface area contributed by atoms with Crippen LogP contribution in [0.25, 0.3) is 0 Å². The molecule has 3 nitrogen and oxygen atoms in total. The number of piperidine rings is 1. The standard InChI is InChI=1S/C5H12N2O/c6-8-5-2-1-3-7-4-5/h5,7H,1-4,6H2/t5-/m0/s1. The predicted molar refractivity (Wildman–Crippen MR) is 31.2 cm³/mol. The lowest BCUT2D eigenvalue weighted by atomic mass is 10.1. The largest absolute Gasteiger partial charge is 0.314 e. The van der Waals surface area contributed by atoms with Crippen LogP contribution in [0.1, 0.15) is 12.8 Å². The van der Waals surface area contributed by atoms with Gasteiger partial charge in [-0.2, -0.15) is 0 Å². The molecule has 0 saturated carbocycles. The number of nitrogens with one attached hydrogen (secondary N) is 1. The van der Waals surface area contributed by atoms with Crippen LogP contribution in [0.3, 0.4) is 0 Å². The average Bonchev–Trinajstić information content (AvgIpc) is 1.90. The molecular weight excluding hydrogens is 104 g/mol. The maximum Gasteiger partial charge on any atom is 0.0911 e. The Labute approximate surface area is 49.2 Å². The molecule has 1 aliphatic heterocycles. The number of rotatable bonds is 1. The highest BCUT2D eigenvalue weighted by Crippen LogP contribution is 2.02. The smallest absolute Gasteiger partial charge is 0.0911 e. The summed E-state index contributed by atoms with van der Waals surface area (Å²) in [5, 5.41) is 3.18. The fourth-order valence-corrected chi connectivity index (χ4v) is 0.936. The summed E-state index contributed by atoms with van der Waals surface area (Å²) in [5.41, 5.74) is 0. The van der Waals surface area contributed by atoms with E-state index >= 15 is 0 Å². The Bertz CT molecular complexity index is 61.4. The van der Waals surface area contributed by atoms with Crippen LogP contribution in [0.4, 0.5) is 0 Å². The first kappa shape index (κ1) is 6.01. The topological polar surface area (TPSA) is 47.3 Å². The van der Waals surface area contributed by atoms with Crippen molar-refractivity contribution < 1.29 is 4.84 Å². The monoisotopic (exact) mass is 116 g/mol. The van der Waals surface area contributed by atoms with Gasteiger partial charge in [0.1, 0.15) is 0 Å². The van der Waals surface area contributed by atoms with E-state index in [0.717, 1.165) is 19.5 Å². The molecule has 1 aliphatic rings. The maximum absolute atomic E-state index is 4.96. The summed E-state index contributed by atoms with van der Waals surface area (Å²) < 4.78 is 0. The zero-order valence-corrected chi connectivity index (χ0v) is 4.89. The second-order valence-electron chi connectivity index (χ2n) is 2.10. The van der Waals surface area contributed by atoms with Crippen molar-refractivity contribution in [2.24, 2.45) is 5.90 Å². The van der Waals surface area contributed by atoms with Gasteiger partial charge < -0.3 is 5.32 Å². The van der Waals surface area contributed by atoms with Crippen molar-refractivity contribution in [2.75, 3.05) is 13.1 Å². The Hall–Kier alpha value is -0.120. The van der Waals surface area contributed by atoms with E-state index < -0.39 is 0 Å². The van der Waals surface area contributed by atoms with Crippen LogP contribution in [-0.2, 0) is 4.84 Å². The molecule has 3 heteroatoms. The van der Waals surface area contributed by atoms with Gasteiger partial charge >= 0.3 is 0 Å². The van der Waals surface area contributed by atoms with Gasteiger partial charge in [-0.1, -0.05) is 0 Å². The first-order valence-corrected chi connectivity index (χ1v) is 3.00. The first-order valence-electron chi connectivity index (χ1n) is 3.00. The highest BCUT2D eigenvalue weighted by atomic mass is 16.6. The van der Waals surface area contributed by atoms with Crippen molar-refractivity contribution in [2.45, 2.75) is 18.9 Å². The van der Waals surface area contributed by atoms with Crippen molar-refractivity contribution in [3.05, 3.63) is 0 Å². The SMILES string of the molecule is NO[C@H]1CCCNC1. The van der Waals surface area contributed by atoms with E-state index in [2.05, 4.69) is 10.2 Å². The van der Waals surface area contributed by atoms with E-state index in [-0.39, 0.29) is 6.10 Å². The molecule has 0 amide bonds. The molecule has 0 aliphatic carbocycles. The highest BCUT2D eigenvalue weighted by Gasteiger charge is 2.10. The normalized spacial score (nSPS) is 30.4. The second kappa shape index (κ2) is 3.02. The van der Waals surface area contributed by atoms with Crippen molar-refractivity contribution in [1.82, 2.24) is 5.32 Å². The van der Waals surface area contributed by atoms with Gasteiger partial charge in [-0.3, -0.25) is 4.84 Å². The summed E-state index contributed by atoms with van der Waals surface area (Å²) in [4.78, 5) is 4.63. The number of hydrogen-bond acceptors (Lipinski definition) is 3. The highest BCUT2D eigenvalue weighted by molar-refractivity contribution is 4.67. The summed E-state index contributed by atoms with van der Waals surface area (Å²) in [6, 6.07) is 0. The molecule has 1 saturated heterocycles. The van der Waals surface area contributed by atoms with E-state index in [9.17, 15) is 0 Å². The van der Waals surface area contributed by atoms with Gasteiger partial charge in [0.05, 0.1) is 6.10 Å². The van der Waals surface area contributed by atoms with Crippen LogP contribution in [0.15, 0.2) is 0 Å². The molecule has 0 unspecified atom stereocenters. The summed E-state index contributed by atoms with van der Waals surface area (Å²) in [7, 11) is 0. The third kappa shape index (κ3) is 1.43. The van der Waals surface area contributed by atoms with E-state index in [0.29, 0.717) is 0 Å². The third-order valence-electron chi connectivity index (χ3n) is 1.44. The van der Waals surface area contributed by atoms with Crippen LogP contribution in [0, 0.1) is 0 Å². The predicted octanol–water partition coefficient (Wildman–Crippen LogP) is -0.371. The van der Waals surface area contributed by atoms with Crippen molar-refractivity contribution in [3.8, 4) is 0 Å². The van der Waals surface area contributed by atoms with Crippen molar-refractivity contribution >= 4 is 0 Å². The zero-order chi connectivity index (χ0) is 5.82. The zero-order valence-electron chi connectivity index (χ0n) is 4.89. The van der Waals surface area contributed by atoms with Crippen LogP contribution in [0.2, 0.25) is 0 Å². The van der Waals surface area contributed by atoms with Gasteiger partial charge in [0.15, 0.2) is 0 Å². The lowest BCUT2D eigenvalue weighted by molar-refractivity contribution is 0.0367. The van der Waals surface area contributed by atoms with E-state index in [4.69, 9.17) is 5.90 Å². The lowest BCUT2D eigenvalue weighted by Crippen LogP contribution is -2.36. The Morgan fingerprint density at radius 2 is 2.50 bits per heavy atom. The summed E-state index contributed by atoms with van der Waals surface area (Å²) >= 11 is 0. The van der Waals surface area contributed by atoms with Crippen LogP contribution >= 0.6 is 0 Å². The lowest BCUT2D eigenvalue weighted by Gasteiger charge is -2.19. The summed E-state index contributed by atoms with van der Waals surface area (Å²) in [6.07, 6.45) is 2.54. The van der Waals surface area contributed by atoms with Crippen molar-refractivity contribution in [3.63, 3.8) is 0 Å². The fraction of sp³-hybridized carbons (Fsp3) is 1.00. The molecule has 0 aromatic rings. The van der Waals surface area contributed by atoms with Gasteiger partial charge in [0.25, 0.3) is 0 Å². The molecule has 0 aromatic heterocycles. The summed E-state index contributed by atoms with van der Waals surface area (Å²) in [6.45, 7) is 2.02. The van der Waals surface area contributed by atoms with E-state index in [1.54, 1.807) is 0 Å². The molecule has 1 atom stereocenters. The Balaban J connectivity index is 2.13. The third-order valence-corrected chi connectivity index (χ3v) is 1.44. The molecule has 0 spiro atoms. The first-order chi connectivity index (χ1) is 3.93. The van der Waals surface area contributed by atoms with Gasteiger partial charge in [-0.25, -0.2) is 5.90 Å². The molecule has 1 fully saturated rings. The van der Waals surface area contributed by atoms with Gasteiger partial charge in [0, 0.05) is 6.54 Å². The molecule has 0 aromatic carbocycles. The molecule has 48 valence electrons. The molecule has 8 heavy (non-hydrogen) atoms. The van der Waals surface area contributed by atoms with Gasteiger partial charge in [-0.15, -0.1) is 0 Å². The summed E-state index contributed by atoms with van der Waals surface area (Å²) in [5.74, 6) is 4.96. The molecular formula is C5H12N2O. The Morgan fingerprint density at radius 3 is 2.88 bits per heavy atom. The molecule has 1 rings (SSSR count). The molecule has 0 bridgehead atoms. The maximum atomic E-state index is 4.96. The minimum atomic E-state index is 0.253.